The van der Waals surface area contributed by atoms with Crippen LogP contribution in [0.1, 0.15) is 82.6 Å². The normalized spacial score (nSPS) is 18.4. The fourth-order valence-electron chi connectivity index (χ4n) is 8.45. The molecule has 1 aliphatic rings. The Morgan fingerprint density at radius 2 is 1.16 bits per heavy atom. The first-order valence-electron chi connectivity index (χ1n) is 18.1. The van der Waals surface area contributed by atoms with Crippen molar-refractivity contribution in [1.82, 2.24) is 14.1 Å². The molecule has 2 unspecified atom stereocenters. The highest BCUT2D eigenvalue weighted by atomic mass is 15.2. The lowest BCUT2D eigenvalue weighted by molar-refractivity contribution is 0.325. The standard InChI is InChI=1S/C47H46N4/c1-29-22-31(23-30(2)49-29)39-27-47(9,51-41-17-13-11-15-36(41)38-21-19-34(26-43(38)51)46(6,7)8)44(24-32(39)28-48)50-40-16-12-10-14-35(40)37-20-18-33(25-42(37)50)45(3,4)5/h10-27,44H,1-9H3. The van der Waals surface area contributed by atoms with E-state index in [-0.39, 0.29) is 16.9 Å². The second-order valence-corrected chi connectivity index (χ2v) is 16.8. The summed E-state index contributed by atoms with van der Waals surface area (Å²) in [7, 11) is 0. The molecule has 3 aromatic heterocycles. The van der Waals surface area contributed by atoms with E-state index in [1.54, 1.807) is 0 Å². The Balaban J connectivity index is 1.55. The van der Waals surface area contributed by atoms with E-state index in [4.69, 9.17) is 4.98 Å². The third-order valence-corrected chi connectivity index (χ3v) is 11.0. The van der Waals surface area contributed by atoms with Gasteiger partial charge in [0.05, 0.1) is 34.3 Å². The number of para-hydroxylation sites is 2. The van der Waals surface area contributed by atoms with Crippen LogP contribution in [0.3, 0.4) is 0 Å². The average molecular weight is 667 g/mol. The first-order valence-corrected chi connectivity index (χ1v) is 18.1. The van der Waals surface area contributed by atoms with Gasteiger partial charge < -0.3 is 9.13 Å². The highest BCUT2D eigenvalue weighted by Gasteiger charge is 2.42. The Morgan fingerprint density at radius 3 is 1.75 bits per heavy atom. The van der Waals surface area contributed by atoms with Crippen LogP contribution in [0.5, 0.6) is 0 Å². The van der Waals surface area contributed by atoms with Crippen LogP contribution in [-0.4, -0.2) is 14.1 Å². The van der Waals surface area contributed by atoms with Crippen LogP contribution in [0.4, 0.5) is 0 Å². The lowest BCUT2D eigenvalue weighted by atomic mass is 9.78. The summed E-state index contributed by atoms with van der Waals surface area (Å²) in [5.74, 6) is 0. The molecule has 1 aliphatic carbocycles. The summed E-state index contributed by atoms with van der Waals surface area (Å²) in [4.78, 5) is 4.69. The Labute approximate surface area is 301 Å². The van der Waals surface area contributed by atoms with Crippen LogP contribution in [-0.2, 0) is 16.4 Å². The maximum absolute atomic E-state index is 10.9. The van der Waals surface area contributed by atoms with Gasteiger partial charge >= 0.3 is 0 Å². The Morgan fingerprint density at radius 1 is 0.647 bits per heavy atom. The number of benzene rings is 4. The third-order valence-electron chi connectivity index (χ3n) is 11.0. The van der Waals surface area contributed by atoms with Gasteiger partial charge in [-0.1, -0.05) is 102 Å². The number of aryl methyl sites for hydroxylation is 2. The summed E-state index contributed by atoms with van der Waals surface area (Å²) in [5.41, 5.74) is 11.1. The van der Waals surface area contributed by atoms with Crippen LogP contribution in [0, 0.1) is 25.2 Å². The first-order chi connectivity index (χ1) is 24.2. The minimum atomic E-state index is -0.648. The molecule has 4 heteroatoms. The van der Waals surface area contributed by atoms with Crippen LogP contribution >= 0.6 is 0 Å². The molecule has 51 heavy (non-hydrogen) atoms. The van der Waals surface area contributed by atoms with Gasteiger partial charge in [-0.15, -0.1) is 0 Å². The van der Waals surface area contributed by atoms with E-state index in [1.807, 2.05) is 13.8 Å². The molecule has 0 N–H and O–H groups in total. The van der Waals surface area contributed by atoms with E-state index in [2.05, 4.69) is 173 Å². The van der Waals surface area contributed by atoms with E-state index >= 15 is 0 Å². The monoisotopic (exact) mass is 666 g/mol. The number of allylic oxidation sites excluding steroid dienone is 4. The minimum absolute atomic E-state index is 0.0283. The highest BCUT2D eigenvalue weighted by Crippen LogP contribution is 2.50. The van der Waals surface area contributed by atoms with E-state index < -0.39 is 5.54 Å². The number of hydrogen-bond donors (Lipinski definition) is 0. The van der Waals surface area contributed by atoms with Gasteiger partial charge in [0.25, 0.3) is 0 Å². The van der Waals surface area contributed by atoms with Gasteiger partial charge in [0, 0.05) is 44.0 Å². The quantitative estimate of drug-likeness (QED) is 0.188. The molecule has 7 aromatic rings. The Hall–Kier alpha value is -5.40. The van der Waals surface area contributed by atoms with Gasteiger partial charge in [0.1, 0.15) is 0 Å². The summed E-state index contributed by atoms with van der Waals surface area (Å²) in [6, 6.07) is 38.1. The maximum Gasteiger partial charge on any atom is 0.0995 e. The van der Waals surface area contributed by atoms with Crippen LogP contribution in [0.25, 0.3) is 49.2 Å². The molecule has 0 saturated heterocycles. The molecule has 0 radical (unpaired) electrons. The van der Waals surface area contributed by atoms with E-state index in [1.165, 1.54) is 49.2 Å². The lowest BCUT2D eigenvalue weighted by Crippen LogP contribution is -2.39. The smallest absolute Gasteiger partial charge is 0.0995 e. The van der Waals surface area contributed by atoms with Crippen molar-refractivity contribution in [3.8, 4) is 6.07 Å². The van der Waals surface area contributed by atoms with E-state index in [9.17, 15) is 5.26 Å². The van der Waals surface area contributed by atoms with Gasteiger partial charge in [-0.25, -0.2) is 0 Å². The van der Waals surface area contributed by atoms with Gasteiger partial charge in [-0.2, -0.15) is 5.26 Å². The van der Waals surface area contributed by atoms with Crippen molar-refractivity contribution in [3.05, 3.63) is 143 Å². The van der Waals surface area contributed by atoms with Crippen molar-refractivity contribution in [2.45, 2.75) is 84.7 Å². The number of rotatable bonds is 3. The number of nitriles is 1. The zero-order valence-electron chi connectivity index (χ0n) is 31.3. The number of fused-ring (bicyclic) bond motifs is 6. The molecule has 8 rings (SSSR count). The molecule has 0 bridgehead atoms. The van der Waals surface area contributed by atoms with Crippen molar-refractivity contribution >= 4 is 49.2 Å². The summed E-state index contributed by atoms with van der Waals surface area (Å²) in [6.45, 7) is 20.1. The molecule has 0 amide bonds. The highest BCUT2D eigenvalue weighted by molar-refractivity contribution is 6.10. The van der Waals surface area contributed by atoms with E-state index in [0.29, 0.717) is 5.57 Å². The number of pyridine rings is 1. The molecule has 2 atom stereocenters. The van der Waals surface area contributed by atoms with Crippen LogP contribution in [0.2, 0.25) is 0 Å². The van der Waals surface area contributed by atoms with E-state index in [0.717, 1.165) is 28.0 Å². The molecular formula is C47H46N4. The molecule has 0 aliphatic heterocycles. The molecule has 0 saturated carbocycles. The molecule has 4 aromatic carbocycles. The average Bonchev–Trinajstić information content (AvgIpc) is 3.59. The Bertz CT molecular complexity index is 2640. The van der Waals surface area contributed by atoms with Crippen molar-refractivity contribution in [2.75, 3.05) is 0 Å². The fraction of sp³-hybridized carbons (Fsp3) is 0.277. The zero-order valence-corrected chi connectivity index (χ0v) is 31.3. The predicted molar refractivity (Wildman–Crippen MR) is 214 cm³/mol. The number of hydrogen-bond acceptors (Lipinski definition) is 2. The van der Waals surface area contributed by atoms with Crippen molar-refractivity contribution in [2.24, 2.45) is 0 Å². The Kier molecular flexibility index (Phi) is 7.27. The van der Waals surface area contributed by atoms with Crippen molar-refractivity contribution in [1.29, 1.82) is 5.26 Å². The van der Waals surface area contributed by atoms with Crippen molar-refractivity contribution < 1.29 is 0 Å². The SMILES string of the molecule is Cc1cc(C2=CC(C)(n3c4ccccc4c4ccc(C(C)(C)C)cc43)C(n3c4ccccc4c4ccc(C(C)(C)C)cc43)C=C2C#N)cc(C)n1. The fourth-order valence-corrected chi connectivity index (χ4v) is 8.45. The molecule has 254 valence electrons. The molecule has 0 fully saturated rings. The molecule has 3 heterocycles. The van der Waals surface area contributed by atoms with Gasteiger partial charge in [0.15, 0.2) is 0 Å². The number of nitrogens with zero attached hydrogens (tertiary/aromatic N) is 4. The minimum Gasteiger partial charge on any atom is -0.331 e. The third kappa shape index (κ3) is 5.13. The summed E-state index contributed by atoms with van der Waals surface area (Å²) < 4.78 is 5.08. The maximum atomic E-state index is 10.9. The van der Waals surface area contributed by atoms with Gasteiger partial charge in [-0.05, 0) is 102 Å². The summed E-state index contributed by atoms with van der Waals surface area (Å²) in [6.07, 6.45) is 4.62. The summed E-state index contributed by atoms with van der Waals surface area (Å²) in [5, 5.41) is 15.8. The topological polar surface area (TPSA) is 46.5 Å². The van der Waals surface area contributed by atoms with Gasteiger partial charge in [0.2, 0.25) is 0 Å². The summed E-state index contributed by atoms with van der Waals surface area (Å²) >= 11 is 0. The lowest BCUT2D eigenvalue weighted by Gasteiger charge is -2.42. The molecule has 4 nitrogen and oxygen atoms in total. The first kappa shape index (κ1) is 32.8. The van der Waals surface area contributed by atoms with Gasteiger partial charge in [-0.3, -0.25) is 4.98 Å². The van der Waals surface area contributed by atoms with Crippen LogP contribution in [0.15, 0.2) is 115 Å². The largest absolute Gasteiger partial charge is 0.331 e. The molecular weight excluding hydrogens is 621 g/mol. The number of aromatic nitrogens is 3. The van der Waals surface area contributed by atoms with Crippen molar-refractivity contribution in [3.63, 3.8) is 0 Å². The molecule has 0 spiro atoms. The van der Waals surface area contributed by atoms with Crippen LogP contribution < -0.4 is 0 Å². The second-order valence-electron chi connectivity index (χ2n) is 16.8. The zero-order chi connectivity index (χ0) is 36.0. The predicted octanol–water partition coefficient (Wildman–Crippen LogP) is 12.0. The second kappa shape index (κ2) is 11.3.